The van der Waals surface area contributed by atoms with Crippen molar-refractivity contribution >= 4 is 29.9 Å². The Morgan fingerprint density at radius 1 is 1.23 bits per heavy atom. The van der Waals surface area contributed by atoms with Gasteiger partial charge in [0.1, 0.15) is 0 Å². The van der Waals surface area contributed by atoms with Crippen LogP contribution < -0.4 is 10.6 Å². The quantitative estimate of drug-likeness (QED) is 0.283. The molecule has 5 nitrogen and oxygen atoms in total. The van der Waals surface area contributed by atoms with Crippen molar-refractivity contribution in [3.8, 4) is 0 Å². The summed E-state index contributed by atoms with van der Waals surface area (Å²) in [5, 5.41) is 6.79. The van der Waals surface area contributed by atoms with Gasteiger partial charge in [0.05, 0.1) is 6.54 Å². The number of nitrogens with one attached hydrogen (secondary N) is 2. The lowest BCUT2D eigenvalue weighted by atomic mass is 10.1. The van der Waals surface area contributed by atoms with E-state index in [1.54, 1.807) is 0 Å². The number of piperazine rings is 1. The smallest absolute Gasteiger partial charge is 0.191 e. The SMILES string of the molecule is CCNC(=NCC1CN(C)CCN1C)NCCCC(C)C.I. The summed E-state index contributed by atoms with van der Waals surface area (Å²) in [4.78, 5) is 9.58. The van der Waals surface area contributed by atoms with Gasteiger partial charge >= 0.3 is 0 Å². The number of nitrogens with zero attached hydrogens (tertiary/aromatic N) is 3. The van der Waals surface area contributed by atoms with Gasteiger partial charge in [0, 0.05) is 38.8 Å². The highest BCUT2D eigenvalue weighted by Crippen LogP contribution is 2.06. The maximum absolute atomic E-state index is 4.76. The summed E-state index contributed by atoms with van der Waals surface area (Å²) in [7, 11) is 4.40. The zero-order valence-electron chi connectivity index (χ0n) is 15.1. The van der Waals surface area contributed by atoms with E-state index in [2.05, 4.69) is 55.3 Å². The Morgan fingerprint density at radius 3 is 2.59 bits per heavy atom. The molecule has 1 saturated heterocycles. The van der Waals surface area contributed by atoms with Crippen molar-refractivity contribution in [2.75, 3.05) is 53.4 Å². The third-order valence-electron chi connectivity index (χ3n) is 4.04. The molecule has 1 rings (SSSR count). The third kappa shape index (κ3) is 9.15. The van der Waals surface area contributed by atoms with E-state index in [-0.39, 0.29) is 24.0 Å². The molecule has 0 aliphatic carbocycles. The molecule has 1 heterocycles. The number of guanidine groups is 1. The second-order valence-electron chi connectivity index (χ2n) is 6.58. The topological polar surface area (TPSA) is 42.9 Å². The normalized spacial score (nSPS) is 20.8. The summed E-state index contributed by atoms with van der Waals surface area (Å²) in [5.74, 6) is 1.74. The number of rotatable bonds is 7. The lowest BCUT2D eigenvalue weighted by molar-refractivity contribution is 0.119. The van der Waals surface area contributed by atoms with E-state index in [9.17, 15) is 0 Å². The van der Waals surface area contributed by atoms with Crippen LogP contribution in [0.15, 0.2) is 4.99 Å². The summed E-state index contributed by atoms with van der Waals surface area (Å²) in [6, 6.07) is 0.523. The largest absolute Gasteiger partial charge is 0.357 e. The van der Waals surface area contributed by atoms with Crippen LogP contribution in [0.2, 0.25) is 0 Å². The van der Waals surface area contributed by atoms with Gasteiger partial charge in [0.15, 0.2) is 5.96 Å². The third-order valence-corrected chi connectivity index (χ3v) is 4.04. The average Bonchev–Trinajstić information content (AvgIpc) is 2.43. The van der Waals surface area contributed by atoms with Crippen molar-refractivity contribution in [3.05, 3.63) is 0 Å². The Morgan fingerprint density at radius 2 is 1.95 bits per heavy atom. The maximum atomic E-state index is 4.76. The van der Waals surface area contributed by atoms with E-state index in [1.807, 2.05) is 0 Å². The van der Waals surface area contributed by atoms with Crippen LogP contribution in [0.25, 0.3) is 0 Å². The van der Waals surface area contributed by atoms with Crippen molar-refractivity contribution in [2.45, 2.75) is 39.7 Å². The van der Waals surface area contributed by atoms with E-state index < -0.39 is 0 Å². The minimum Gasteiger partial charge on any atom is -0.357 e. The standard InChI is InChI=1S/C16H35N5.HI/c1-6-17-16(18-9-7-8-14(2)3)19-12-15-13-20(4)10-11-21(15)5;/h14-15H,6-13H2,1-5H3,(H2,17,18,19);1H. The second-order valence-corrected chi connectivity index (χ2v) is 6.58. The molecule has 0 aromatic rings. The van der Waals surface area contributed by atoms with Gasteiger partial charge in [-0.3, -0.25) is 9.89 Å². The molecule has 6 heteroatoms. The second kappa shape index (κ2) is 12.4. The van der Waals surface area contributed by atoms with Crippen molar-refractivity contribution in [2.24, 2.45) is 10.9 Å². The molecule has 0 bridgehead atoms. The molecule has 0 aromatic carbocycles. The van der Waals surface area contributed by atoms with Crippen LogP contribution in [-0.2, 0) is 0 Å². The first-order chi connectivity index (χ1) is 10.0. The lowest BCUT2D eigenvalue weighted by Crippen LogP contribution is -2.51. The molecule has 0 saturated carbocycles. The number of likely N-dealkylation sites (N-methyl/N-ethyl adjacent to an activating group) is 2. The monoisotopic (exact) mass is 425 g/mol. The average molecular weight is 425 g/mol. The highest BCUT2D eigenvalue weighted by molar-refractivity contribution is 14.0. The molecule has 0 amide bonds. The van der Waals surface area contributed by atoms with Gasteiger partial charge in [-0.05, 0) is 39.8 Å². The predicted molar refractivity (Wildman–Crippen MR) is 107 cm³/mol. The Bertz CT molecular complexity index is 309. The Kier molecular flexibility index (Phi) is 12.3. The van der Waals surface area contributed by atoms with Gasteiger partial charge in [-0.15, -0.1) is 24.0 Å². The summed E-state index contributed by atoms with van der Waals surface area (Å²) in [6.45, 7) is 12.8. The van der Waals surface area contributed by atoms with Crippen LogP contribution in [0, 0.1) is 5.92 Å². The van der Waals surface area contributed by atoms with Crippen molar-refractivity contribution in [1.82, 2.24) is 20.4 Å². The molecule has 0 aromatic heterocycles. The molecule has 22 heavy (non-hydrogen) atoms. The molecule has 1 unspecified atom stereocenters. The summed E-state index contributed by atoms with van der Waals surface area (Å²) < 4.78 is 0. The van der Waals surface area contributed by atoms with E-state index in [4.69, 9.17) is 4.99 Å². The van der Waals surface area contributed by atoms with Crippen LogP contribution in [-0.4, -0.2) is 75.2 Å². The van der Waals surface area contributed by atoms with E-state index in [1.165, 1.54) is 12.8 Å². The minimum atomic E-state index is 0. The highest BCUT2D eigenvalue weighted by Gasteiger charge is 2.21. The first-order valence-corrected chi connectivity index (χ1v) is 8.43. The molecular weight excluding hydrogens is 389 g/mol. The fraction of sp³-hybridized carbons (Fsp3) is 0.938. The first kappa shape index (κ1) is 21.9. The molecule has 1 aliphatic heterocycles. The van der Waals surface area contributed by atoms with Gasteiger partial charge in [-0.1, -0.05) is 13.8 Å². The van der Waals surface area contributed by atoms with E-state index in [0.717, 1.165) is 51.1 Å². The van der Waals surface area contributed by atoms with Crippen LogP contribution in [0.4, 0.5) is 0 Å². The highest BCUT2D eigenvalue weighted by atomic mass is 127. The Balaban J connectivity index is 0.00000441. The maximum Gasteiger partial charge on any atom is 0.191 e. The number of aliphatic imine (C=N–C) groups is 1. The molecule has 0 spiro atoms. The van der Waals surface area contributed by atoms with Crippen molar-refractivity contribution in [1.29, 1.82) is 0 Å². The lowest BCUT2D eigenvalue weighted by Gasteiger charge is -2.36. The zero-order valence-corrected chi connectivity index (χ0v) is 17.4. The summed E-state index contributed by atoms with van der Waals surface area (Å²) in [6.07, 6.45) is 2.47. The molecule has 132 valence electrons. The Labute approximate surface area is 154 Å². The predicted octanol–water partition coefficient (Wildman–Crippen LogP) is 1.84. The minimum absolute atomic E-state index is 0. The molecule has 0 radical (unpaired) electrons. The van der Waals surface area contributed by atoms with Gasteiger partial charge in [0.25, 0.3) is 0 Å². The van der Waals surface area contributed by atoms with Gasteiger partial charge in [-0.25, -0.2) is 0 Å². The number of hydrogen-bond donors (Lipinski definition) is 2. The molecular formula is C16H36IN5. The number of hydrogen-bond acceptors (Lipinski definition) is 3. The molecule has 1 fully saturated rings. The van der Waals surface area contributed by atoms with Gasteiger partial charge in [-0.2, -0.15) is 0 Å². The fourth-order valence-corrected chi connectivity index (χ4v) is 2.55. The van der Waals surface area contributed by atoms with E-state index >= 15 is 0 Å². The summed E-state index contributed by atoms with van der Waals surface area (Å²) in [5.41, 5.74) is 0. The number of halogens is 1. The van der Waals surface area contributed by atoms with Crippen LogP contribution >= 0.6 is 24.0 Å². The Hall–Kier alpha value is -0.0800. The van der Waals surface area contributed by atoms with Crippen LogP contribution in [0.3, 0.4) is 0 Å². The van der Waals surface area contributed by atoms with Gasteiger partial charge < -0.3 is 15.5 Å². The summed E-state index contributed by atoms with van der Waals surface area (Å²) >= 11 is 0. The van der Waals surface area contributed by atoms with Crippen molar-refractivity contribution in [3.63, 3.8) is 0 Å². The van der Waals surface area contributed by atoms with E-state index in [0.29, 0.717) is 6.04 Å². The molecule has 2 N–H and O–H groups in total. The van der Waals surface area contributed by atoms with Gasteiger partial charge in [0.2, 0.25) is 0 Å². The first-order valence-electron chi connectivity index (χ1n) is 8.43. The van der Waals surface area contributed by atoms with Crippen LogP contribution in [0.1, 0.15) is 33.6 Å². The van der Waals surface area contributed by atoms with Crippen molar-refractivity contribution < 1.29 is 0 Å². The molecule has 1 atom stereocenters. The zero-order chi connectivity index (χ0) is 15.7. The molecule has 1 aliphatic rings. The fourth-order valence-electron chi connectivity index (χ4n) is 2.55. The van der Waals surface area contributed by atoms with Crippen LogP contribution in [0.5, 0.6) is 0 Å².